The minimum Gasteiger partial charge on any atom is -0.208 e. The molecular weight excluding hydrogens is 318 g/mol. The molecule has 0 radical (unpaired) electrons. The second-order valence-corrected chi connectivity index (χ2v) is 5.84. The lowest BCUT2D eigenvalue weighted by atomic mass is 10.0. The van der Waals surface area contributed by atoms with Gasteiger partial charge < -0.3 is 0 Å². The van der Waals surface area contributed by atoms with Crippen LogP contribution in [0.3, 0.4) is 0 Å². The van der Waals surface area contributed by atoms with Gasteiger partial charge in [0.1, 0.15) is 0 Å². The lowest BCUT2D eigenvalue weighted by molar-refractivity contribution is 1.07. The molecule has 0 bridgehead atoms. The first-order valence-electron chi connectivity index (χ1n) is 7.92. The quantitative estimate of drug-likeness (QED) is 0.623. The van der Waals surface area contributed by atoms with Crippen molar-refractivity contribution in [3.63, 3.8) is 0 Å². The molecule has 0 saturated carbocycles. The lowest BCUT2D eigenvalue weighted by Gasteiger charge is -2.07. The van der Waals surface area contributed by atoms with Crippen LogP contribution in [0.25, 0.3) is 28.9 Å². The standard InChI is InChI=1S/C20H18ClN3/c1-3-4-8-16-13-17(12-11-14(16)2)19-22-18(23-20(21)24-19)15-9-6-5-7-10-15/h4-13H,3H2,1-2H3/b8-4-. The zero-order chi connectivity index (χ0) is 16.9. The molecule has 3 aromatic rings. The summed E-state index contributed by atoms with van der Waals surface area (Å²) in [4.78, 5) is 13.1. The van der Waals surface area contributed by atoms with Crippen molar-refractivity contribution < 1.29 is 0 Å². The first-order valence-corrected chi connectivity index (χ1v) is 8.29. The highest BCUT2D eigenvalue weighted by atomic mass is 35.5. The topological polar surface area (TPSA) is 38.7 Å². The molecule has 0 amide bonds. The molecule has 1 heterocycles. The highest BCUT2D eigenvalue weighted by Crippen LogP contribution is 2.24. The molecule has 1 aromatic heterocycles. The molecule has 0 saturated heterocycles. The van der Waals surface area contributed by atoms with Crippen molar-refractivity contribution in [1.82, 2.24) is 15.0 Å². The van der Waals surface area contributed by atoms with Gasteiger partial charge in [-0.25, -0.2) is 4.98 Å². The Hall–Kier alpha value is -2.52. The Balaban J connectivity index is 2.07. The molecular formula is C20H18ClN3. The zero-order valence-corrected chi connectivity index (χ0v) is 14.5. The fourth-order valence-corrected chi connectivity index (χ4v) is 2.56. The van der Waals surface area contributed by atoms with Crippen LogP contribution >= 0.6 is 11.6 Å². The number of benzene rings is 2. The maximum atomic E-state index is 6.13. The Morgan fingerprint density at radius 3 is 2.33 bits per heavy atom. The molecule has 120 valence electrons. The highest BCUT2D eigenvalue weighted by Gasteiger charge is 2.10. The number of aryl methyl sites for hydroxylation is 1. The maximum Gasteiger partial charge on any atom is 0.226 e. The monoisotopic (exact) mass is 335 g/mol. The molecule has 2 aromatic carbocycles. The first kappa shape index (κ1) is 16.3. The van der Waals surface area contributed by atoms with Gasteiger partial charge in [0.15, 0.2) is 11.6 Å². The highest BCUT2D eigenvalue weighted by molar-refractivity contribution is 6.28. The van der Waals surface area contributed by atoms with Crippen molar-refractivity contribution in [3.05, 3.63) is 71.0 Å². The molecule has 0 aliphatic carbocycles. The van der Waals surface area contributed by atoms with Crippen LogP contribution in [0.2, 0.25) is 5.28 Å². The summed E-state index contributed by atoms with van der Waals surface area (Å²) in [7, 11) is 0. The van der Waals surface area contributed by atoms with Gasteiger partial charge in [-0.3, -0.25) is 0 Å². The van der Waals surface area contributed by atoms with Crippen molar-refractivity contribution in [3.8, 4) is 22.8 Å². The average Bonchev–Trinajstić information content (AvgIpc) is 2.61. The van der Waals surface area contributed by atoms with Crippen molar-refractivity contribution in [2.45, 2.75) is 20.3 Å². The van der Waals surface area contributed by atoms with Crippen LogP contribution in [0.5, 0.6) is 0 Å². The van der Waals surface area contributed by atoms with Gasteiger partial charge in [0, 0.05) is 11.1 Å². The summed E-state index contributed by atoms with van der Waals surface area (Å²) < 4.78 is 0. The Kier molecular flexibility index (Phi) is 5.02. The number of aromatic nitrogens is 3. The number of hydrogen-bond donors (Lipinski definition) is 0. The normalized spacial score (nSPS) is 11.1. The third-order valence-electron chi connectivity index (χ3n) is 3.71. The Bertz CT molecular complexity index is 873. The van der Waals surface area contributed by atoms with E-state index in [1.165, 1.54) is 5.56 Å². The van der Waals surface area contributed by atoms with E-state index in [4.69, 9.17) is 11.6 Å². The van der Waals surface area contributed by atoms with Gasteiger partial charge in [-0.1, -0.05) is 61.5 Å². The van der Waals surface area contributed by atoms with Gasteiger partial charge in [0.05, 0.1) is 0 Å². The van der Waals surface area contributed by atoms with Crippen LogP contribution in [-0.4, -0.2) is 15.0 Å². The minimum atomic E-state index is 0.199. The van der Waals surface area contributed by atoms with Crippen LogP contribution in [0, 0.1) is 6.92 Å². The van der Waals surface area contributed by atoms with E-state index in [9.17, 15) is 0 Å². The Morgan fingerprint density at radius 2 is 1.62 bits per heavy atom. The Labute approximate surface area is 147 Å². The van der Waals surface area contributed by atoms with Crippen molar-refractivity contribution in [2.75, 3.05) is 0 Å². The van der Waals surface area contributed by atoms with E-state index in [1.54, 1.807) is 0 Å². The fourth-order valence-electron chi connectivity index (χ4n) is 2.40. The molecule has 4 heteroatoms. The largest absolute Gasteiger partial charge is 0.226 e. The van der Waals surface area contributed by atoms with Gasteiger partial charge in [0.25, 0.3) is 0 Å². The molecule has 0 N–H and O–H groups in total. The smallest absolute Gasteiger partial charge is 0.208 e. The van der Waals surface area contributed by atoms with Crippen molar-refractivity contribution >= 4 is 17.7 Å². The summed E-state index contributed by atoms with van der Waals surface area (Å²) in [6.45, 7) is 4.21. The van der Waals surface area contributed by atoms with Crippen LogP contribution < -0.4 is 0 Å². The van der Waals surface area contributed by atoms with Crippen LogP contribution in [-0.2, 0) is 0 Å². The molecule has 0 aliphatic rings. The van der Waals surface area contributed by atoms with Gasteiger partial charge in [0.2, 0.25) is 5.28 Å². The van der Waals surface area contributed by atoms with E-state index in [2.05, 4.69) is 53.1 Å². The van der Waals surface area contributed by atoms with E-state index in [0.29, 0.717) is 11.6 Å². The maximum absolute atomic E-state index is 6.13. The van der Waals surface area contributed by atoms with Crippen molar-refractivity contribution in [2.24, 2.45) is 0 Å². The third kappa shape index (κ3) is 3.69. The Morgan fingerprint density at radius 1 is 0.917 bits per heavy atom. The lowest BCUT2D eigenvalue weighted by Crippen LogP contribution is -1.97. The van der Waals surface area contributed by atoms with E-state index in [1.807, 2.05) is 36.4 Å². The van der Waals surface area contributed by atoms with E-state index < -0.39 is 0 Å². The van der Waals surface area contributed by atoms with Gasteiger partial charge in [-0.15, -0.1) is 0 Å². The zero-order valence-electron chi connectivity index (χ0n) is 13.7. The van der Waals surface area contributed by atoms with Crippen LogP contribution in [0.1, 0.15) is 24.5 Å². The second kappa shape index (κ2) is 7.37. The molecule has 3 nitrogen and oxygen atoms in total. The number of nitrogens with zero attached hydrogens (tertiary/aromatic N) is 3. The second-order valence-electron chi connectivity index (χ2n) is 5.50. The molecule has 3 rings (SSSR count). The summed E-state index contributed by atoms with van der Waals surface area (Å²) >= 11 is 6.13. The molecule has 0 fully saturated rings. The van der Waals surface area contributed by atoms with E-state index in [-0.39, 0.29) is 5.28 Å². The van der Waals surface area contributed by atoms with Gasteiger partial charge in [-0.05, 0) is 42.1 Å². The van der Waals surface area contributed by atoms with Gasteiger partial charge in [-0.2, -0.15) is 9.97 Å². The van der Waals surface area contributed by atoms with Gasteiger partial charge >= 0.3 is 0 Å². The average molecular weight is 336 g/mol. The summed E-state index contributed by atoms with van der Waals surface area (Å²) in [6, 6.07) is 15.9. The fraction of sp³-hybridized carbons (Fsp3) is 0.150. The summed E-state index contributed by atoms with van der Waals surface area (Å²) in [5.41, 5.74) is 4.22. The molecule has 0 unspecified atom stereocenters. The number of hydrogen-bond acceptors (Lipinski definition) is 3. The summed E-state index contributed by atoms with van der Waals surface area (Å²) in [6.07, 6.45) is 5.26. The van der Waals surface area contributed by atoms with Crippen molar-refractivity contribution in [1.29, 1.82) is 0 Å². The molecule has 0 spiro atoms. The molecule has 0 atom stereocenters. The SMILES string of the molecule is CC/C=C\c1cc(-c2nc(Cl)nc(-c3ccccc3)n2)ccc1C. The predicted molar refractivity (Wildman–Crippen MR) is 99.8 cm³/mol. The first-order chi connectivity index (χ1) is 11.7. The predicted octanol–water partition coefficient (Wildman–Crippen LogP) is 5.59. The summed E-state index contributed by atoms with van der Waals surface area (Å²) in [5.74, 6) is 1.16. The molecule has 24 heavy (non-hydrogen) atoms. The minimum absolute atomic E-state index is 0.199. The van der Waals surface area contributed by atoms with Crippen LogP contribution in [0.15, 0.2) is 54.6 Å². The van der Waals surface area contributed by atoms with E-state index in [0.717, 1.165) is 23.1 Å². The van der Waals surface area contributed by atoms with E-state index >= 15 is 0 Å². The number of allylic oxidation sites excluding steroid dienone is 1. The molecule has 0 aliphatic heterocycles. The van der Waals surface area contributed by atoms with Crippen LogP contribution in [0.4, 0.5) is 0 Å². The summed E-state index contributed by atoms with van der Waals surface area (Å²) in [5, 5.41) is 0.199. The number of rotatable bonds is 4. The number of halogens is 1. The third-order valence-corrected chi connectivity index (χ3v) is 3.88.